The molecular formula is C27H18Cl2N4O3. The van der Waals surface area contributed by atoms with Crippen molar-refractivity contribution in [1.29, 1.82) is 0 Å². The van der Waals surface area contributed by atoms with E-state index in [9.17, 15) is 9.59 Å². The first kappa shape index (κ1) is 23.4. The molecule has 0 radical (unpaired) electrons. The fourth-order valence-electron chi connectivity index (χ4n) is 3.61. The molecule has 0 aliphatic carbocycles. The van der Waals surface area contributed by atoms with E-state index in [0.29, 0.717) is 55.2 Å². The Balaban J connectivity index is 1.28. The van der Waals surface area contributed by atoms with E-state index in [1.165, 1.54) is 0 Å². The van der Waals surface area contributed by atoms with Crippen molar-refractivity contribution in [2.45, 2.75) is 0 Å². The summed E-state index contributed by atoms with van der Waals surface area (Å²) in [5.41, 5.74) is 3.37. The van der Waals surface area contributed by atoms with E-state index in [1.54, 1.807) is 72.8 Å². The molecule has 2 amide bonds. The summed E-state index contributed by atoms with van der Waals surface area (Å²) in [4.78, 5) is 32.7. The lowest BCUT2D eigenvalue weighted by Gasteiger charge is -2.09. The third-order valence-electron chi connectivity index (χ3n) is 5.27. The number of fused-ring (bicyclic) bond motifs is 1. The molecule has 0 bridgehead atoms. The summed E-state index contributed by atoms with van der Waals surface area (Å²) in [6.45, 7) is 0. The molecule has 0 atom stereocenters. The van der Waals surface area contributed by atoms with E-state index < -0.39 is 6.09 Å². The van der Waals surface area contributed by atoms with Crippen LogP contribution >= 0.6 is 23.2 Å². The number of hydrogen-bond donors (Lipinski definition) is 3. The molecule has 4 aromatic carbocycles. The summed E-state index contributed by atoms with van der Waals surface area (Å²) in [7, 11) is 0. The van der Waals surface area contributed by atoms with Gasteiger partial charge in [-0.25, -0.2) is 9.78 Å². The van der Waals surface area contributed by atoms with Gasteiger partial charge in [-0.2, -0.15) is 0 Å². The van der Waals surface area contributed by atoms with Gasteiger partial charge < -0.3 is 15.0 Å². The number of aromatic amines is 1. The third kappa shape index (κ3) is 5.17. The third-order valence-corrected chi connectivity index (χ3v) is 5.90. The maximum Gasteiger partial charge on any atom is 0.417 e. The molecule has 0 saturated carbocycles. The number of amides is 2. The number of nitrogens with one attached hydrogen (secondary N) is 3. The standard InChI is InChI=1S/C27H18Cl2N4O3/c28-20-10-5-11-21(29)24(20)25-32-22-13-12-19(15-23(22)33-25)36-27(35)31-18-9-4-6-16(14-18)26(34)30-17-7-2-1-3-8-17/h1-15H,(H,30,34)(H,31,35)(H,32,33). The molecule has 178 valence electrons. The number of anilines is 2. The van der Waals surface area contributed by atoms with E-state index in [0.717, 1.165) is 0 Å². The monoisotopic (exact) mass is 516 g/mol. The van der Waals surface area contributed by atoms with Crippen LogP contribution in [0, 0.1) is 0 Å². The van der Waals surface area contributed by atoms with Crippen molar-refractivity contribution in [3.63, 3.8) is 0 Å². The first-order chi connectivity index (χ1) is 17.5. The van der Waals surface area contributed by atoms with Crippen LogP contribution in [0.1, 0.15) is 10.4 Å². The van der Waals surface area contributed by atoms with Gasteiger partial charge in [0.05, 0.1) is 26.6 Å². The van der Waals surface area contributed by atoms with E-state index in [2.05, 4.69) is 20.6 Å². The van der Waals surface area contributed by atoms with Crippen LogP contribution in [0.4, 0.5) is 16.2 Å². The number of imidazole rings is 1. The Morgan fingerprint density at radius 1 is 0.778 bits per heavy atom. The van der Waals surface area contributed by atoms with Crippen LogP contribution in [-0.4, -0.2) is 22.0 Å². The van der Waals surface area contributed by atoms with Crippen LogP contribution in [0.3, 0.4) is 0 Å². The van der Waals surface area contributed by atoms with Crippen LogP contribution < -0.4 is 15.4 Å². The first-order valence-corrected chi connectivity index (χ1v) is 11.6. The Morgan fingerprint density at radius 2 is 1.50 bits per heavy atom. The summed E-state index contributed by atoms with van der Waals surface area (Å²) in [6.07, 6.45) is -0.705. The topological polar surface area (TPSA) is 96.1 Å². The van der Waals surface area contributed by atoms with Crippen molar-refractivity contribution >= 4 is 57.6 Å². The first-order valence-electron chi connectivity index (χ1n) is 10.9. The van der Waals surface area contributed by atoms with Gasteiger partial charge in [0.2, 0.25) is 0 Å². The van der Waals surface area contributed by atoms with Gasteiger partial charge in [-0.15, -0.1) is 0 Å². The summed E-state index contributed by atoms with van der Waals surface area (Å²) in [5.74, 6) is 0.517. The van der Waals surface area contributed by atoms with Crippen molar-refractivity contribution in [1.82, 2.24) is 9.97 Å². The second-order valence-corrected chi connectivity index (χ2v) is 8.59. The Kier molecular flexibility index (Phi) is 6.58. The molecule has 1 heterocycles. The molecule has 0 aliphatic heterocycles. The van der Waals surface area contributed by atoms with Gasteiger partial charge in [0, 0.05) is 23.0 Å². The molecule has 0 spiro atoms. The number of para-hydroxylation sites is 1. The highest BCUT2D eigenvalue weighted by Gasteiger charge is 2.14. The molecule has 7 nitrogen and oxygen atoms in total. The van der Waals surface area contributed by atoms with Gasteiger partial charge >= 0.3 is 6.09 Å². The number of aromatic nitrogens is 2. The molecular weight excluding hydrogens is 499 g/mol. The lowest BCUT2D eigenvalue weighted by atomic mass is 10.2. The number of nitrogens with zero attached hydrogens (tertiary/aromatic N) is 1. The average Bonchev–Trinajstić information content (AvgIpc) is 3.27. The summed E-state index contributed by atoms with van der Waals surface area (Å²) < 4.78 is 5.43. The molecule has 3 N–H and O–H groups in total. The van der Waals surface area contributed by atoms with Gasteiger partial charge in [-0.3, -0.25) is 10.1 Å². The van der Waals surface area contributed by atoms with Crippen molar-refractivity contribution in [2.24, 2.45) is 0 Å². The van der Waals surface area contributed by atoms with Crippen LogP contribution in [-0.2, 0) is 0 Å². The Bertz CT molecular complexity index is 1560. The molecule has 9 heteroatoms. The molecule has 0 unspecified atom stereocenters. The van der Waals surface area contributed by atoms with E-state index in [-0.39, 0.29) is 5.91 Å². The summed E-state index contributed by atoms with van der Waals surface area (Å²) >= 11 is 12.6. The quantitative estimate of drug-likeness (QED) is 0.226. The fourth-order valence-corrected chi connectivity index (χ4v) is 4.18. The SMILES string of the molecule is O=C(Nc1cccc(C(=O)Nc2ccccc2)c1)Oc1ccc2nc(-c3c(Cl)cccc3Cl)[nH]c2c1. The molecule has 1 aromatic heterocycles. The largest absolute Gasteiger partial charge is 0.417 e. The molecule has 0 saturated heterocycles. The minimum atomic E-state index is -0.705. The van der Waals surface area contributed by atoms with Crippen LogP contribution in [0.25, 0.3) is 22.4 Å². The number of carbonyl (C=O) groups excluding carboxylic acids is 2. The average molecular weight is 517 g/mol. The van der Waals surface area contributed by atoms with Crippen molar-refractivity contribution in [3.8, 4) is 17.1 Å². The number of H-pyrrole nitrogens is 1. The Morgan fingerprint density at radius 3 is 2.28 bits per heavy atom. The highest BCUT2D eigenvalue weighted by Crippen LogP contribution is 2.34. The maximum absolute atomic E-state index is 12.5. The van der Waals surface area contributed by atoms with Crippen molar-refractivity contribution in [3.05, 3.63) is 107 Å². The zero-order chi connectivity index (χ0) is 25.1. The number of halogens is 2. The highest BCUT2D eigenvalue weighted by atomic mass is 35.5. The molecule has 0 fully saturated rings. The van der Waals surface area contributed by atoms with Gasteiger partial charge in [0.1, 0.15) is 11.6 Å². The second kappa shape index (κ2) is 10.1. The lowest BCUT2D eigenvalue weighted by molar-refractivity contribution is 0.102. The normalized spacial score (nSPS) is 10.7. The van der Waals surface area contributed by atoms with Gasteiger partial charge in [0.25, 0.3) is 5.91 Å². The van der Waals surface area contributed by atoms with Crippen molar-refractivity contribution in [2.75, 3.05) is 10.6 Å². The van der Waals surface area contributed by atoms with Crippen molar-refractivity contribution < 1.29 is 14.3 Å². The van der Waals surface area contributed by atoms with E-state index in [1.807, 2.05) is 18.2 Å². The van der Waals surface area contributed by atoms with Crippen LogP contribution in [0.15, 0.2) is 91.0 Å². The molecule has 0 aliphatic rings. The minimum Gasteiger partial charge on any atom is -0.410 e. The fraction of sp³-hybridized carbons (Fsp3) is 0. The second-order valence-electron chi connectivity index (χ2n) is 7.78. The van der Waals surface area contributed by atoms with E-state index in [4.69, 9.17) is 27.9 Å². The zero-order valence-corrected chi connectivity index (χ0v) is 20.1. The molecule has 36 heavy (non-hydrogen) atoms. The van der Waals surface area contributed by atoms with Crippen LogP contribution in [0.5, 0.6) is 5.75 Å². The molecule has 5 rings (SSSR count). The Hall–Kier alpha value is -4.33. The number of benzene rings is 4. The predicted octanol–water partition coefficient (Wildman–Crippen LogP) is 7.40. The van der Waals surface area contributed by atoms with Gasteiger partial charge in [0.15, 0.2) is 0 Å². The van der Waals surface area contributed by atoms with Gasteiger partial charge in [-0.1, -0.05) is 53.5 Å². The van der Waals surface area contributed by atoms with Crippen LogP contribution in [0.2, 0.25) is 10.0 Å². The maximum atomic E-state index is 12.5. The smallest absolute Gasteiger partial charge is 0.410 e. The Labute approximate surface area is 216 Å². The van der Waals surface area contributed by atoms with E-state index >= 15 is 0 Å². The van der Waals surface area contributed by atoms with Gasteiger partial charge in [-0.05, 0) is 54.6 Å². The lowest BCUT2D eigenvalue weighted by Crippen LogP contribution is -2.17. The minimum absolute atomic E-state index is 0.294. The summed E-state index contributed by atoms with van der Waals surface area (Å²) in [6, 6.07) is 25.9. The molecule has 5 aromatic rings. The number of hydrogen-bond acceptors (Lipinski definition) is 4. The predicted molar refractivity (Wildman–Crippen MR) is 142 cm³/mol. The highest BCUT2D eigenvalue weighted by molar-refractivity contribution is 6.39. The summed E-state index contributed by atoms with van der Waals surface area (Å²) in [5, 5.41) is 6.39. The number of rotatable bonds is 5. The number of ether oxygens (including phenoxy) is 1. The number of carbonyl (C=O) groups is 2. The zero-order valence-electron chi connectivity index (χ0n) is 18.6.